The minimum atomic E-state index is -3.66. The molecule has 1 aliphatic heterocycles. The molecule has 0 saturated carbocycles. The van der Waals surface area contributed by atoms with Crippen LogP contribution in [-0.2, 0) is 14.8 Å². The predicted octanol–water partition coefficient (Wildman–Crippen LogP) is 2.20. The van der Waals surface area contributed by atoms with E-state index in [1.807, 2.05) is 11.8 Å². The van der Waals surface area contributed by atoms with Crippen LogP contribution in [0.2, 0.25) is 0 Å². The van der Waals surface area contributed by atoms with E-state index in [2.05, 4.69) is 4.72 Å². The molecule has 1 fully saturated rings. The number of hydrogen-bond donors (Lipinski definition) is 1. The molecule has 0 unspecified atom stereocenters. The van der Waals surface area contributed by atoms with Crippen molar-refractivity contribution in [3.8, 4) is 0 Å². The molecule has 1 aromatic rings. The molecule has 1 aliphatic rings. The Hall–Kier alpha value is -1.47. The molecule has 0 radical (unpaired) electrons. The first-order valence-electron chi connectivity index (χ1n) is 7.90. The van der Waals surface area contributed by atoms with Crippen molar-refractivity contribution >= 4 is 15.9 Å². The van der Waals surface area contributed by atoms with E-state index in [0.29, 0.717) is 18.4 Å². The Balaban J connectivity index is 1.96. The molecular formula is C16H23FN2O3S. The van der Waals surface area contributed by atoms with Gasteiger partial charge in [-0.1, -0.05) is 6.92 Å². The van der Waals surface area contributed by atoms with Gasteiger partial charge >= 0.3 is 0 Å². The molecule has 1 N–H and O–H groups in total. The molecule has 23 heavy (non-hydrogen) atoms. The van der Waals surface area contributed by atoms with Crippen LogP contribution < -0.4 is 4.72 Å². The number of benzene rings is 1. The Labute approximate surface area is 136 Å². The number of carbonyl (C=O) groups excluding carboxylic acids is 1. The zero-order chi connectivity index (χ0) is 17.0. The van der Waals surface area contributed by atoms with Crippen LogP contribution in [0.4, 0.5) is 4.39 Å². The van der Waals surface area contributed by atoms with Gasteiger partial charge in [-0.25, -0.2) is 17.5 Å². The lowest BCUT2D eigenvalue weighted by Gasteiger charge is -2.26. The van der Waals surface area contributed by atoms with Gasteiger partial charge in [-0.05, 0) is 49.9 Å². The molecule has 1 amide bonds. The second-order valence-electron chi connectivity index (χ2n) is 5.85. The average Bonchev–Trinajstić information content (AvgIpc) is 2.92. The Morgan fingerprint density at radius 1 is 1.39 bits per heavy atom. The van der Waals surface area contributed by atoms with Crippen molar-refractivity contribution in [1.29, 1.82) is 0 Å². The van der Waals surface area contributed by atoms with Crippen LogP contribution >= 0.6 is 0 Å². The molecular weight excluding hydrogens is 319 g/mol. The van der Waals surface area contributed by atoms with E-state index in [-0.39, 0.29) is 23.4 Å². The molecule has 0 aromatic heterocycles. The number of likely N-dealkylation sites (tertiary alicyclic amines) is 1. The van der Waals surface area contributed by atoms with E-state index in [0.717, 1.165) is 25.5 Å². The highest BCUT2D eigenvalue weighted by Crippen LogP contribution is 2.18. The number of aryl methyl sites for hydroxylation is 1. The summed E-state index contributed by atoms with van der Waals surface area (Å²) in [6.45, 7) is 4.52. The van der Waals surface area contributed by atoms with Crippen molar-refractivity contribution in [1.82, 2.24) is 9.62 Å². The summed E-state index contributed by atoms with van der Waals surface area (Å²) >= 11 is 0. The molecule has 1 aromatic carbocycles. The smallest absolute Gasteiger partial charge is 0.240 e. The Morgan fingerprint density at radius 2 is 2.13 bits per heavy atom. The zero-order valence-corrected chi connectivity index (χ0v) is 14.3. The maximum atomic E-state index is 13.2. The van der Waals surface area contributed by atoms with E-state index >= 15 is 0 Å². The summed E-state index contributed by atoms with van der Waals surface area (Å²) in [6, 6.07) is 3.79. The van der Waals surface area contributed by atoms with Gasteiger partial charge in [0.05, 0.1) is 4.90 Å². The van der Waals surface area contributed by atoms with Gasteiger partial charge in [0.2, 0.25) is 15.9 Å². The molecule has 0 aliphatic carbocycles. The molecule has 128 valence electrons. The second kappa shape index (κ2) is 7.40. The van der Waals surface area contributed by atoms with Crippen LogP contribution in [0.5, 0.6) is 0 Å². The van der Waals surface area contributed by atoms with Gasteiger partial charge < -0.3 is 4.90 Å². The van der Waals surface area contributed by atoms with E-state index in [1.54, 1.807) is 0 Å². The molecule has 7 heteroatoms. The standard InChI is InChI=1S/C16H23FN2O3S/c1-3-13(19-10-4-5-16(19)20)8-9-18-23(21,22)14-6-7-15(17)12(2)11-14/h6-7,11,13,18H,3-5,8-10H2,1-2H3/t13-/m1/s1. The molecule has 1 atom stereocenters. The highest BCUT2D eigenvalue weighted by molar-refractivity contribution is 7.89. The molecule has 5 nitrogen and oxygen atoms in total. The summed E-state index contributed by atoms with van der Waals surface area (Å²) in [5.41, 5.74) is 0.293. The van der Waals surface area contributed by atoms with Crippen LogP contribution in [0.15, 0.2) is 23.1 Å². The van der Waals surface area contributed by atoms with Crippen LogP contribution in [-0.4, -0.2) is 38.4 Å². The van der Waals surface area contributed by atoms with Crippen LogP contribution in [0.1, 0.15) is 38.2 Å². The topological polar surface area (TPSA) is 66.5 Å². The summed E-state index contributed by atoms with van der Waals surface area (Å²) in [6.07, 6.45) is 2.82. The fourth-order valence-electron chi connectivity index (χ4n) is 2.86. The fourth-order valence-corrected chi connectivity index (χ4v) is 4.00. The number of sulfonamides is 1. The first-order chi connectivity index (χ1) is 10.8. The minimum Gasteiger partial charge on any atom is -0.340 e. The number of halogens is 1. The van der Waals surface area contributed by atoms with Gasteiger partial charge in [0.25, 0.3) is 0 Å². The predicted molar refractivity (Wildman–Crippen MR) is 86.0 cm³/mol. The quantitative estimate of drug-likeness (QED) is 0.826. The van der Waals surface area contributed by atoms with E-state index < -0.39 is 15.8 Å². The van der Waals surface area contributed by atoms with Crippen LogP contribution in [0.3, 0.4) is 0 Å². The number of rotatable bonds is 7. The summed E-state index contributed by atoms with van der Waals surface area (Å²) in [5.74, 6) is -0.281. The van der Waals surface area contributed by atoms with Gasteiger partial charge in [-0.2, -0.15) is 0 Å². The monoisotopic (exact) mass is 342 g/mol. The molecule has 1 heterocycles. The van der Waals surface area contributed by atoms with E-state index in [4.69, 9.17) is 0 Å². The first-order valence-corrected chi connectivity index (χ1v) is 9.38. The lowest BCUT2D eigenvalue weighted by molar-refractivity contribution is -0.129. The third-order valence-corrected chi connectivity index (χ3v) is 5.69. The Bertz CT molecular complexity index is 676. The van der Waals surface area contributed by atoms with Crippen molar-refractivity contribution in [3.63, 3.8) is 0 Å². The fraction of sp³-hybridized carbons (Fsp3) is 0.562. The van der Waals surface area contributed by atoms with E-state index in [9.17, 15) is 17.6 Å². The highest BCUT2D eigenvalue weighted by Gasteiger charge is 2.26. The molecule has 2 rings (SSSR count). The lowest BCUT2D eigenvalue weighted by Crippen LogP contribution is -2.38. The Kier molecular flexibility index (Phi) is 5.75. The summed E-state index contributed by atoms with van der Waals surface area (Å²) < 4.78 is 40.3. The van der Waals surface area contributed by atoms with Gasteiger partial charge in [0.15, 0.2) is 0 Å². The maximum Gasteiger partial charge on any atom is 0.240 e. The van der Waals surface area contributed by atoms with Crippen molar-refractivity contribution in [3.05, 3.63) is 29.6 Å². The number of hydrogen-bond acceptors (Lipinski definition) is 3. The SMILES string of the molecule is CC[C@H](CCNS(=O)(=O)c1ccc(F)c(C)c1)N1CCCC1=O. The maximum absolute atomic E-state index is 13.2. The third-order valence-electron chi connectivity index (χ3n) is 4.23. The van der Waals surface area contributed by atoms with E-state index in [1.165, 1.54) is 19.1 Å². The zero-order valence-electron chi connectivity index (χ0n) is 13.5. The average molecular weight is 342 g/mol. The highest BCUT2D eigenvalue weighted by atomic mass is 32.2. The minimum absolute atomic E-state index is 0.0571. The van der Waals surface area contributed by atoms with Gasteiger partial charge in [0.1, 0.15) is 5.82 Å². The normalized spacial score (nSPS) is 16.8. The number of nitrogens with one attached hydrogen (secondary N) is 1. The number of nitrogens with zero attached hydrogens (tertiary/aromatic N) is 1. The van der Waals surface area contributed by atoms with Gasteiger partial charge in [-0.15, -0.1) is 0 Å². The largest absolute Gasteiger partial charge is 0.340 e. The van der Waals surface area contributed by atoms with Crippen molar-refractivity contribution in [2.75, 3.05) is 13.1 Å². The van der Waals surface area contributed by atoms with Gasteiger partial charge in [-0.3, -0.25) is 4.79 Å². The van der Waals surface area contributed by atoms with Crippen molar-refractivity contribution < 1.29 is 17.6 Å². The van der Waals surface area contributed by atoms with Crippen LogP contribution in [0.25, 0.3) is 0 Å². The first kappa shape index (κ1) is 17.9. The molecule has 0 bridgehead atoms. The summed E-state index contributed by atoms with van der Waals surface area (Å²) in [4.78, 5) is 13.7. The second-order valence-corrected chi connectivity index (χ2v) is 7.62. The third kappa shape index (κ3) is 4.29. The molecule has 1 saturated heterocycles. The number of amides is 1. The number of carbonyl (C=O) groups is 1. The summed E-state index contributed by atoms with van der Waals surface area (Å²) in [5, 5.41) is 0. The van der Waals surface area contributed by atoms with Crippen molar-refractivity contribution in [2.45, 2.75) is 50.5 Å². The lowest BCUT2D eigenvalue weighted by atomic mass is 10.1. The van der Waals surface area contributed by atoms with Crippen LogP contribution in [0, 0.1) is 12.7 Å². The molecule has 0 spiro atoms. The summed E-state index contributed by atoms with van der Waals surface area (Å²) in [7, 11) is -3.66. The Morgan fingerprint density at radius 3 is 2.70 bits per heavy atom. The van der Waals surface area contributed by atoms with Crippen molar-refractivity contribution in [2.24, 2.45) is 0 Å². The van der Waals surface area contributed by atoms with Gasteiger partial charge in [0, 0.05) is 25.6 Å².